The summed E-state index contributed by atoms with van der Waals surface area (Å²) in [5, 5.41) is 5.93. The van der Waals surface area contributed by atoms with E-state index in [-0.39, 0.29) is 0 Å². The Bertz CT molecular complexity index is 377. The van der Waals surface area contributed by atoms with Gasteiger partial charge in [0.1, 0.15) is 0 Å². The maximum Gasteiger partial charge on any atom is 0.411 e. The monoisotopic (exact) mass is 206 g/mol. The number of benzene rings is 1. The number of ether oxygens (including phenoxy) is 1. The van der Waals surface area contributed by atoms with Crippen LogP contribution in [0.3, 0.4) is 0 Å². The summed E-state index contributed by atoms with van der Waals surface area (Å²) in [5.41, 5.74) is 3.32. The number of hydrogen-bond acceptors (Lipinski definition) is 3. The van der Waals surface area contributed by atoms with E-state index < -0.39 is 6.09 Å². The molecule has 0 aliphatic carbocycles. The third-order valence-electron chi connectivity index (χ3n) is 2.36. The van der Waals surface area contributed by atoms with Crippen molar-refractivity contribution >= 4 is 11.8 Å². The van der Waals surface area contributed by atoms with Crippen LogP contribution in [0.2, 0.25) is 0 Å². The Labute approximate surface area is 88.6 Å². The van der Waals surface area contributed by atoms with Gasteiger partial charge in [-0.1, -0.05) is 6.07 Å². The molecule has 0 saturated carbocycles. The van der Waals surface area contributed by atoms with Gasteiger partial charge in [-0.2, -0.15) is 0 Å². The van der Waals surface area contributed by atoms with Crippen molar-refractivity contribution in [1.82, 2.24) is 5.32 Å². The number of anilines is 1. The van der Waals surface area contributed by atoms with Gasteiger partial charge >= 0.3 is 6.09 Å². The maximum absolute atomic E-state index is 11.2. The van der Waals surface area contributed by atoms with E-state index in [4.69, 9.17) is 4.74 Å². The Morgan fingerprint density at radius 2 is 2.27 bits per heavy atom. The summed E-state index contributed by atoms with van der Waals surface area (Å²) in [4.78, 5) is 11.2. The van der Waals surface area contributed by atoms with Gasteiger partial charge in [0.25, 0.3) is 0 Å². The minimum atomic E-state index is -0.400. The van der Waals surface area contributed by atoms with Crippen molar-refractivity contribution in [3.8, 4) is 0 Å². The molecule has 0 atom stereocenters. The molecule has 1 aliphatic heterocycles. The molecule has 0 aromatic heterocycles. The highest BCUT2D eigenvalue weighted by Gasteiger charge is 2.11. The van der Waals surface area contributed by atoms with Crippen molar-refractivity contribution < 1.29 is 9.53 Å². The van der Waals surface area contributed by atoms with Crippen molar-refractivity contribution in [1.29, 1.82) is 0 Å². The second kappa shape index (κ2) is 4.31. The molecule has 2 N–H and O–H groups in total. The van der Waals surface area contributed by atoms with E-state index >= 15 is 0 Å². The first kappa shape index (κ1) is 9.98. The first-order valence-electron chi connectivity index (χ1n) is 5.06. The van der Waals surface area contributed by atoms with Gasteiger partial charge < -0.3 is 10.1 Å². The van der Waals surface area contributed by atoms with Gasteiger partial charge in [0, 0.05) is 18.8 Å². The second-order valence-electron chi connectivity index (χ2n) is 3.43. The molecule has 4 heteroatoms. The number of hydrogen-bond donors (Lipinski definition) is 2. The molecule has 1 aromatic rings. The lowest BCUT2D eigenvalue weighted by Gasteiger charge is -2.06. The van der Waals surface area contributed by atoms with Gasteiger partial charge in [0.05, 0.1) is 6.61 Å². The van der Waals surface area contributed by atoms with E-state index in [2.05, 4.69) is 10.6 Å². The zero-order valence-corrected chi connectivity index (χ0v) is 8.67. The average Bonchev–Trinajstić information content (AvgIpc) is 2.65. The van der Waals surface area contributed by atoms with E-state index in [9.17, 15) is 4.79 Å². The molecule has 1 heterocycles. The molecule has 0 spiro atoms. The summed E-state index contributed by atoms with van der Waals surface area (Å²) in [6.07, 6.45) is -0.400. The van der Waals surface area contributed by atoms with Gasteiger partial charge in [-0.05, 0) is 30.2 Å². The van der Waals surface area contributed by atoms with Gasteiger partial charge in [0.2, 0.25) is 0 Å². The van der Waals surface area contributed by atoms with Gasteiger partial charge in [-0.15, -0.1) is 0 Å². The standard InChI is InChI=1S/C11H14N2O2/c1-2-15-11(14)13-10-4-3-8-6-12-7-9(8)5-10/h3-5,12H,2,6-7H2,1H3,(H,13,14). The number of amides is 1. The SMILES string of the molecule is CCOC(=O)Nc1ccc2c(c1)CNC2. The molecule has 0 unspecified atom stereocenters. The Morgan fingerprint density at radius 3 is 3.07 bits per heavy atom. The van der Waals surface area contributed by atoms with Crippen molar-refractivity contribution in [3.05, 3.63) is 29.3 Å². The lowest BCUT2D eigenvalue weighted by molar-refractivity contribution is 0.168. The molecule has 1 aliphatic rings. The summed E-state index contributed by atoms with van der Waals surface area (Å²) in [7, 11) is 0. The second-order valence-corrected chi connectivity index (χ2v) is 3.43. The third-order valence-corrected chi connectivity index (χ3v) is 2.36. The lowest BCUT2D eigenvalue weighted by Crippen LogP contribution is -2.13. The molecule has 0 radical (unpaired) electrons. The summed E-state index contributed by atoms with van der Waals surface area (Å²) < 4.78 is 4.80. The maximum atomic E-state index is 11.2. The average molecular weight is 206 g/mol. The van der Waals surface area contributed by atoms with Crippen LogP contribution >= 0.6 is 0 Å². The van der Waals surface area contributed by atoms with Crippen LogP contribution in [0.4, 0.5) is 10.5 Å². The highest BCUT2D eigenvalue weighted by molar-refractivity contribution is 5.84. The molecular weight excluding hydrogens is 192 g/mol. The van der Waals surface area contributed by atoms with E-state index in [1.807, 2.05) is 18.2 Å². The number of fused-ring (bicyclic) bond motifs is 1. The fourth-order valence-corrected chi connectivity index (χ4v) is 1.66. The molecule has 2 rings (SSSR count). The molecule has 4 nitrogen and oxygen atoms in total. The molecule has 15 heavy (non-hydrogen) atoms. The molecule has 80 valence electrons. The smallest absolute Gasteiger partial charge is 0.411 e. The largest absolute Gasteiger partial charge is 0.450 e. The molecule has 0 bridgehead atoms. The highest BCUT2D eigenvalue weighted by atomic mass is 16.5. The predicted molar refractivity (Wildman–Crippen MR) is 57.6 cm³/mol. The van der Waals surface area contributed by atoms with Crippen LogP contribution in [-0.4, -0.2) is 12.7 Å². The lowest BCUT2D eigenvalue weighted by atomic mass is 10.1. The predicted octanol–water partition coefficient (Wildman–Crippen LogP) is 1.86. The first-order valence-corrected chi connectivity index (χ1v) is 5.06. The Hall–Kier alpha value is -1.55. The van der Waals surface area contributed by atoms with Crippen molar-refractivity contribution in [3.63, 3.8) is 0 Å². The van der Waals surface area contributed by atoms with Crippen molar-refractivity contribution in [2.45, 2.75) is 20.0 Å². The van der Waals surface area contributed by atoms with Crippen LogP contribution in [0.15, 0.2) is 18.2 Å². The minimum absolute atomic E-state index is 0.387. The molecule has 0 fully saturated rings. The van der Waals surface area contributed by atoms with Gasteiger partial charge in [0.15, 0.2) is 0 Å². The number of carbonyl (C=O) groups excluding carboxylic acids is 1. The van der Waals surface area contributed by atoms with E-state index in [1.54, 1.807) is 6.92 Å². The molecular formula is C11H14N2O2. The van der Waals surface area contributed by atoms with Crippen molar-refractivity contribution in [2.24, 2.45) is 0 Å². The summed E-state index contributed by atoms with van der Waals surface area (Å²) in [5.74, 6) is 0. The van der Waals surface area contributed by atoms with Crippen LogP contribution in [0.25, 0.3) is 0 Å². The number of carbonyl (C=O) groups is 1. The molecule has 1 amide bonds. The zero-order valence-electron chi connectivity index (χ0n) is 8.67. The highest BCUT2D eigenvalue weighted by Crippen LogP contribution is 2.19. The summed E-state index contributed by atoms with van der Waals surface area (Å²) >= 11 is 0. The Kier molecular flexibility index (Phi) is 2.87. The fraction of sp³-hybridized carbons (Fsp3) is 0.364. The van der Waals surface area contributed by atoms with Crippen LogP contribution in [0, 0.1) is 0 Å². The Morgan fingerprint density at radius 1 is 1.47 bits per heavy atom. The van der Waals surface area contributed by atoms with Gasteiger partial charge in [-0.25, -0.2) is 4.79 Å². The number of nitrogens with one attached hydrogen (secondary N) is 2. The van der Waals surface area contributed by atoms with E-state index in [1.165, 1.54) is 11.1 Å². The topological polar surface area (TPSA) is 50.4 Å². The van der Waals surface area contributed by atoms with E-state index in [0.29, 0.717) is 6.61 Å². The normalized spacial score (nSPS) is 13.4. The molecule has 0 saturated heterocycles. The van der Waals surface area contributed by atoms with Gasteiger partial charge in [-0.3, -0.25) is 5.32 Å². The summed E-state index contributed by atoms with van der Waals surface area (Å²) in [6.45, 7) is 3.95. The fourth-order valence-electron chi connectivity index (χ4n) is 1.66. The van der Waals surface area contributed by atoms with Crippen LogP contribution < -0.4 is 10.6 Å². The Balaban J connectivity index is 2.06. The van der Waals surface area contributed by atoms with Crippen LogP contribution in [0.5, 0.6) is 0 Å². The van der Waals surface area contributed by atoms with E-state index in [0.717, 1.165) is 18.8 Å². The quantitative estimate of drug-likeness (QED) is 0.776. The zero-order chi connectivity index (χ0) is 10.7. The minimum Gasteiger partial charge on any atom is -0.450 e. The van der Waals surface area contributed by atoms with Crippen LogP contribution in [-0.2, 0) is 17.8 Å². The number of rotatable bonds is 2. The molecule has 1 aromatic carbocycles. The summed E-state index contributed by atoms with van der Waals surface area (Å²) in [6, 6.07) is 5.89. The van der Waals surface area contributed by atoms with Crippen LogP contribution in [0.1, 0.15) is 18.1 Å². The first-order chi connectivity index (χ1) is 7.29. The third kappa shape index (κ3) is 2.27. The van der Waals surface area contributed by atoms with Crippen molar-refractivity contribution in [2.75, 3.05) is 11.9 Å².